The molecule has 5 heterocycles. The second kappa shape index (κ2) is 17.3. The van der Waals surface area contributed by atoms with E-state index in [1.54, 1.807) is 53.4 Å². The third-order valence-corrected chi connectivity index (χ3v) is 13.9. The number of para-hydroxylation sites is 1. The van der Waals surface area contributed by atoms with Gasteiger partial charge in [-0.2, -0.15) is 0 Å². The Balaban J connectivity index is 1.04. The van der Waals surface area contributed by atoms with Gasteiger partial charge in [-0.25, -0.2) is 19.4 Å². The molecular weight excluding hydrogens is 775 g/mol. The highest BCUT2D eigenvalue weighted by atomic mass is 32.1. The number of methoxy groups -OCH3 is 1. The van der Waals surface area contributed by atoms with Crippen LogP contribution in [0.5, 0.6) is 11.6 Å². The molecule has 2 aromatic carbocycles. The number of hydrogen-bond donors (Lipinski definition) is 2. The summed E-state index contributed by atoms with van der Waals surface area (Å²) in [6.45, 7) is 4.38. The number of hydrogen-bond acceptors (Lipinski definition) is 11. The highest BCUT2D eigenvalue weighted by Gasteiger charge is 2.48. The molecule has 0 aliphatic carbocycles. The third-order valence-electron chi connectivity index (χ3n) is 10.7. The molecule has 2 N–H and O–H groups in total. The van der Waals surface area contributed by atoms with E-state index in [9.17, 15) is 23.7 Å². The number of nitrogens with one attached hydrogen (secondary N) is 2. The van der Waals surface area contributed by atoms with E-state index in [2.05, 4.69) is 20.4 Å². The lowest BCUT2D eigenvalue weighted by Gasteiger charge is -2.42. The Kier molecular flexibility index (Phi) is 12.2. The minimum absolute atomic E-state index is 0.0210. The summed E-state index contributed by atoms with van der Waals surface area (Å²) in [5, 5.41) is 6.03. The smallest absolute Gasteiger partial charge is 0.355 e. The lowest BCUT2D eigenvalue weighted by Crippen LogP contribution is -2.58. The molecule has 57 heavy (non-hydrogen) atoms. The molecule has 2 aromatic heterocycles. The zero-order valence-electron chi connectivity index (χ0n) is 32.0. The number of alkyl halides is 1. The van der Waals surface area contributed by atoms with Gasteiger partial charge in [0.05, 0.1) is 18.6 Å². The molecule has 0 bridgehead atoms. The fourth-order valence-corrected chi connectivity index (χ4v) is 10.6. The quantitative estimate of drug-likeness (QED) is 0.111. The number of ether oxygens (including phenoxy) is 2. The van der Waals surface area contributed by atoms with Crippen LogP contribution in [-0.2, 0) is 23.7 Å². The van der Waals surface area contributed by atoms with Gasteiger partial charge in [0.2, 0.25) is 23.6 Å². The number of benzene rings is 2. The molecule has 0 spiro atoms. The normalized spacial score (nSPS) is 21.8. The van der Waals surface area contributed by atoms with Crippen LogP contribution in [0.25, 0.3) is 10.1 Å². The van der Waals surface area contributed by atoms with Gasteiger partial charge in [-0.3, -0.25) is 23.7 Å². The maximum absolute atomic E-state index is 16.5. The van der Waals surface area contributed by atoms with Crippen molar-refractivity contribution in [3.8, 4) is 11.6 Å². The molecule has 2 unspecified atom stereocenters. The Morgan fingerprint density at radius 1 is 1.07 bits per heavy atom. The lowest BCUT2D eigenvalue weighted by molar-refractivity contribution is -0.148. The molecule has 7 rings (SSSR count). The third kappa shape index (κ3) is 8.53. The number of rotatable bonds is 14. The minimum atomic E-state index is -4.44. The number of likely N-dealkylation sites (tertiary alicyclic amines) is 1. The molecule has 3 aliphatic rings. The number of aromatic nitrogens is 2. The molecule has 3 fully saturated rings. The predicted octanol–water partition coefficient (Wildman–Crippen LogP) is 6.14. The monoisotopic (exact) mass is 820 g/mol. The van der Waals surface area contributed by atoms with Gasteiger partial charge in [-0.05, 0) is 86.7 Å². The van der Waals surface area contributed by atoms with E-state index < -0.39 is 43.4 Å². The van der Waals surface area contributed by atoms with Crippen molar-refractivity contribution in [1.82, 2.24) is 30.2 Å². The van der Waals surface area contributed by atoms with Crippen LogP contribution in [-0.4, -0.2) is 94.4 Å². The molecular formula is C40H46FN6O8PS. The van der Waals surface area contributed by atoms with E-state index in [4.69, 9.17) is 14.0 Å². The molecule has 3 saturated heterocycles. The number of thiophene rings is 1. The molecule has 302 valence electrons. The van der Waals surface area contributed by atoms with Gasteiger partial charge in [0, 0.05) is 41.5 Å². The first-order valence-corrected chi connectivity index (χ1v) is 21.7. The number of carbonyl (C=O) groups is 4. The van der Waals surface area contributed by atoms with Crippen LogP contribution in [0, 0.1) is 0 Å². The van der Waals surface area contributed by atoms with E-state index in [-0.39, 0.29) is 41.7 Å². The largest absolute Gasteiger partial charge is 0.481 e. The summed E-state index contributed by atoms with van der Waals surface area (Å²) >= 11 is 1.18. The fourth-order valence-electron chi connectivity index (χ4n) is 7.76. The lowest BCUT2D eigenvalue weighted by atomic mass is 9.92. The van der Waals surface area contributed by atoms with Gasteiger partial charge < -0.3 is 29.1 Å². The van der Waals surface area contributed by atoms with Gasteiger partial charge in [0.25, 0.3) is 5.91 Å². The van der Waals surface area contributed by atoms with E-state index in [0.29, 0.717) is 59.6 Å². The highest BCUT2D eigenvalue weighted by molar-refractivity contribution is 7.57. The maximum atomic E-state index is 16.5. The van der Waals surface area contributed by atoms with Crippen LogP contribution in [0.4, 0.5) is 4.39 Å². The number of fused-ring (bicyclic) bond motifs is 2. The molecule has 14 nitrogen and oxygen atoms in total. The van der Waals surface area contributed by atoms with Crippen molar-refractivity contribution >= 4 is 52.6 Å². The summed E-state index contributed by atoms with van der Waals surface area (Å²) in [7, 11) is -2.89. The van der Waals surface area contributed by atoms with E-state index in [1.807, 2.05) is 6.92 Å². The molecule has 17 heteroatoms. The second-order valence-corrected chi connectivity index (χ2v) is 17.8. The van der Waals surface area contributed by atoms with Gasteiger partial charge >= 0.3 is 13.5 Å². The van der Waals surface area contributed by atoms with Crippen molar-refractivity contribution in [2.24, 2.45) is 0 Å². The minimum Gasteiger partial charge on any atom is -0.481 e. The van der Waals surface area contributed by atoms with Gasteiger partial charge in [-0.1, -0.05) is 31.2 Å². The van der Waals surface area contributed by atoms with E-state index in [0.717, 1.165) is 18.4 Å². The number of halogens is 1. The Morgan fingerprint density at radius 3 is 2.61 bits per heavy atom. The van der Waals surface area contributed by atoms with Crippen LogP contribution in [0.3, 0.4) is 0 Å². The number of esters is 1. The first-order valence-electron chi connectivity index (χ1n) is 19.2. The first-order chi connectivity index (χ1) is 27.5. The summed E-state index contributed by atoms with van der Waals surface area (Å²) < 4.78 is 47.7. The van der Waals surface area contributed by atoms with Crippen LogP contribution < -0.4 is 19.7 Å². The number of nitrogens with zero attached hydrogens (tertiary/aromatic N) is 4. The van der Waals surface area contributed by atoms with Crippen molar-refractivity contribution in [2.45, 2.75) is 88.4 Å². The summed E-state index contributed by atoms with van der Waals surface area (Å²) in [5.74, 6) is -3.03. The molecule has 4 aromatic rings. The SMILES string of the molecule is CCCOC(=O)[C@H](C)NP(=O)(Oc1ccccc1)C(F)c1ccc2sc(C(=O)N[C@H]3CCC[C@H]4CC[C@@H](C(=O)N5CC(c6cncnc6OC)C5)N4C3=O)cc2c1. The fraction of sp³-hybridized carbons (Fsp3) is 0.450. The van der Waals surface area contributed by atoms with Crippen LogP contribution in [0.1, 0.15) is 85.0 Å². The predicted molar refractivity (Wildman–Crippen MR) is 211 cm³/mol. The topological polar surface area (TPSA) is 169 Å². The van der Waals surface area contributed by atoms with Gasteiger partial charge in [0.15, 0.2) is 0 Å². The van der Waals surface area contributed by atoms with Gasteiger partial charge in [-0.15, -0.1) is 11.3 Å². The molecule has 0 radical (unpaired) electrons. The Hall–Kier alpha value is -4.92. The zero-order chi connectivity index (χ0) is 40.3. The highest BCUT2D eigenvalue weighted by Crippen LogP contribution is 2.58. The molecule has 3 aliphatic heterocycles. The molecule has 0 saturated carbocycles. The summed E-state index contributed by atoms with van der Waals surface area (Å²) in [5.41, 5.74) is 0.863. The zero-order valence-corrected chi connectivity index (χ0v) is 33.7. The van der Waals surface area contributed by atoms with Crippen molar-refractivity contribution < 1.29 is 42.1 Å². The van der Waals surface area contributed by atoms with Crippen molar-refractivity contribution in [2.75, 3.05) is 26.8 Å². The summed E-state index contributed by atoms with van der Waals surface area (Å²) in [4.78, 5) is 66.2. The molecule has 3 amide bonds. The van der Waals surface area contributed by atoms with Crippen molar-refractivity contribution in [3.63, 3.8) is 0 Å². The Morgan fingerprint density at radius 2 is 1.86 bits per heavy atom. The summed E-state index contributed by atoms with van der Waals surface area (Å²) in [6, 6.07) is 11.7. The van der Waals surface area contributed by atoms with E-state index >= 15 is 4.39 Å². The van der Waals surface area contributed by atoms with Crippen molar-refractivity contribution in [1.29, 1.82) is 0 Å². The van der Waals surface area contributed by atoms with Gasteiger partial charge in [0.1, 0.15) is 30.2 Å². The standard InChI is InChI=1S/C40H46FN6O8PS/c1-4-17-54-40(51)24(2)45-56(52,55-29-10-6-5-7-11-29)35(41)25-13-16-33-26(18-25)19-34(57-33)36(48)44-31-12-8-9-28-14-15-32(47(28)38(31)49)39(50)46-21-27(22-46)30-20-42-23-43-37(30)53-3/h5-7,10-11,13,16,18-20,23-24,27-28,31-32,35H,4,8-9,12,14-15,17,21-22H2,1-3H3,(H,44,48)(H,45,52)/t24-,28-,31-,32-,35?,56?/m0/s1. The first kappa shape index (κ1) is 40.3. The van der Waals surface area contributed by atoms with Crippen LogP contribution in [0.15, 0.2) is 67.1 Å². The van der Waals surface area contributed by atoms with E-state index in [1.165, 1.54) is 48.9 Å². The Bertz CT molecular complexity index is 2170. The summed E-state index contributed by atoms with van der Waals surface area (Å²) in [6.07, 6.45) is 6.87. The number of amides is 3. The van der Waals surface area contributed by atoms with Crippen molar-refractivity contribution in [3.05, 3.63) is 83.1 Å². The molecule has 6 atom stereocenters. The average molecular weight is 821 g/mol. The number of carbonyl (C=O) groups excluding carboxylic acids is 4. The second-order valence-electron chi connectivity index (χ2n) is 14.6. The average Bonchev–Trinajstić information content (AvgIpc) is 3.79. The van der Waals surface area contributed by atoms with Crippen LogP contribution in [0.2, 0.25) is 0 Å². The maximum Gasteiger partial charge on any atom is 0.355 e. The Labute approximate surface area is 334 Å². The van der Waals surface area contributed by atoms with Crippen LogP contribution >= 0.6 is 18.9 Å².